The lowest BCUT2D eigenvalue weighted by Crippen LogP contribution is -1.96. The van der Waals surface area contributed by atoms with Crippen LogP contribution >= 0.6 is 0 Å². The first-order valence-corrected chi connectivity index (χ1v) is 20.3. The Balaban J connectivity index is 1.05. The van der Waals surface area contributed by atoms with Crippen molar-refractivity contribution in [1.82, 2.24) is 13.7 Å². The molecule has 59 heavy (non-hydrogen) atoms. The van der Waals surface area contributed by atoms with Gasteiger partial charge in [0.25, 0.3) is 0 Å². The first-order chi connectivity index (χ1) is 29.2. The molecule has 0 unspecified atom stereocenters. The second kappa shape index (κ2) is 12.3. The van der Waals surface area contributed by atoms with Gasteiger partial charge in [0.1, 0.15) is 0 Å². The first-order valence-electron chi connectivity index (χ1n) is 20.3. The zero-order chi connectivity index (χ0) is 38.6. The maximum atomic E-state index is 2.44. The van der Waals surface area contributed by atoms with Gasteiger partial charge in [-0.1, -0.05) is 127 Å². The number of rotatable bonds is 4. The Bertz CT molecular complexity index is 3840. The first kappa shape index (κ1) is 32.2. The van der Waals surface area contributed by atoms with Gasteiger partial charge in [-0.15, -0.1) is 0 Å². The van der Waals surface area contributed by atoms with Gasteiger partial charge in [-0.2, -0.15) is 0 Å². The highest BCUT2D eigenvalue weighted by atomic mass is 15.0. The second-order valence-corrected chi connectivity index (χ2v) is 15.8. The topological polar surface area (TPSA) is 14.8 Å². The molecule has 0 amide bonds. The smallest absolute Gasteiger partial charge is 0.0562 e. The van der Waals surface area contributed by atoms with Crippen molar-refractivity contribution in [2.75, 3.05) is 0 Å². The van der Waals surface area contributed by atoms with Crippen LogP contribution in [-0.2, 0) is 0 Å². The summed E-state index contributed by atoms with van der Waals surface area (Å²) < 4.78 is 7.30. The predicted octanol–water partition coefficient (Wildman–Crippen LogP) is 15.0. The summed E-state index contributed by atoms with van der Waals surface area (Å²) in [5.74, 6) is 0. The number of hydrogen-bond donors (Lipinski definition) is 0. The standard InChI is InChI=1S/C56H35N3/c1-2-16-42(17-3-1)57-54-29-25-41(40-24-28-53-47(32-40)45-18-8-10-20-51(45)58(53)43-26-22-36-12-4-6-14-38(36)30-43)33-48(54)50-34-49-46-19-9-11-21-52(46)59(55(49)35-56(50)57)44-27-23-37-13-5-7-15-39(37)31-44/h1-35H. The van der Waals surface area contributed by atoms with Crippen molar-refractivity contribution in [3.05, 3.63) is 212 Å². The van der Waals surface area contributed by atoms with Crippen molar-refractivity contribution < 1.29 is 0 Å². The largest absolute Gasteiger partial charge is 0.309 e. The molecule has 0 atom stereocenters. The maximum Gasteiger partial charge on any atom is 0.0562 e. The average Bonchev–Trinajstić information content (AvgIpc) is 3.93. The third-order valence-electron chi connectivity index (χ3n) is 12.6. The highest BCUT2D eigenvalue weighted by Crippen LogP contribution is 2.42. The number of para-hydroxylation sites is 3. The fourth-order valence-electron chi connectivity index (χ4n) is 9.86. The van der Waals surface area contributed by atoms with E-state index in [1.165, 1.54) is 104 Å². The van der Waals surface area contributed by atoms with Crippen LogP contribution in [0.2, 0.25) is 0 Å². The molecule has 3 aromatic heterocycles. The van der Waals surface area contributed by atoms with E-state index in [4.69, 9.17) is 0 Å². The van der Waals surface area contributed by atoms with Gasteiger partial charge in [0, 0.05) is 49.4 Å². The summed E-state index contributed by atoms with van der Waals surface area (Å²) in [5, 5.41) is 12.5. The zero-order valence-electron chi connectivity index (χ0n) is 32.0. The van der Waals surface area contributed by atoms with E-state index in [0.717, 1.165) is 11.4 Å². The molecule has 13 rings (SSSR count). The summed E-state index contributed by atoms with van der Waals surface area (Å²) in [6.07, 6.45) is 0. The number of benzene rings is 10. The summed E-state index contributed by atoms with van der Waals surface area (Å²) in [5.41, 5.74) is 13.1. The lowest BCUT2D eigenvalue weighted by Gasteiger charge is -2.11. The van der Waals surface area contributed by atoms with Crippen molar-refractivity contribution in [3.8, 4) is 28.2 Å². The maximum absolute atomic E-state index is 2.44. The van der Waals surface area contributed by atoms with E-state index in [1.807, 2.05) is 0 Å². The van der Waals surface area contributed by atoms with Crippen LogP contribution in [0.4, 0.5) is 0 Å². The number of aromatic nitrogens is 3. The number of hydrogen-bond acceptors (Lipinski definition) is 0. The van der Waals surface area contributed by atoms with Crippen LogP contribution in [0.5, 0.6) is 0 Å². The van der Waals surface area contributed by atoms with Crippen LogP contribution < -0.4 is 0 Å². The highest BCUT2D eigenvalue weighted by Gasteiger charge is 2.20. The fourth-order valence-corrected chi connectivity index (χ4v) is 9.86. The Labute approximate surface area is 339 Å². The normalized spacial score (nSPS) is 12.1. The van der Waals surface area contributed by atoms with Crippen molar-refractivity contribution >= 4 is 87.0 Å². The van der Waals surface area contributed by atoms with E-state index in [1.54, 1.807) is 0 Å². The predicted molar refractivity (Wildman–Crippen MR) is 250 cm³/mol. The zero-order valence-corrected chi connectivity index (χ0v) is 32.0. The van der Waals surface area contributed by atoms with E-state index in [2.05, 4.69) is 226 Å². The average molecular weight is 750 g/mol. The SMILES string of the molecule is c1ccc(-n2c3ccc(-c4ccc5c(c4)c4ccccc4n5-c4ccc5ccccc5c4)cc3c3cc4c5ccccc5n(-c5ccc6ccccc6c5)c4cc32)cc1. The lowest BCUT2D eigenvalue weighted by molar-refractivity contribution is 1.17. The Kier molecular flexibility index (Phi) is 6.72. The fraction of sp³-hybridized carbons (Fsp3) is 0. The lowest BCUT2D eigenvalue weighted by atomic mass is 10.00. The molecule has 0 aliphatic carbocycles. The van der Waals surface area contributed by atoms with Gasteiger partial charge in [-0.25, -0.2) is 0 Å². The van der Waals surface area contributed by atoms with E-state index in [9.17, 15) is 0 Å². The van der Waals surface area contributed by atoms with Crippen LogP contribution in [0.3, 0.4) is 0 Å². The van der Waals surface area contributed by atoms with E-state index < -0.39 is 0 Å². The van der Waals surface area contributed by atoms with Crippen LogP contribution in [-0.4, -0.2) is 13.7 Å². The third kappa shape index (κ3) is 4.76. The van der Waals surface area contributed by atoms with Crippen molar-refractivity contribution in [3.63, 3.8) is 0 Å². The molecule has 0 aliphatic heterocycles. The van der Waals surface area contributed by atoms with Crippen LogP contribution in [0.25, 0.3) is 115 Å². The minimum atomic E-state index is 1.15. The van der Waals surface area contributed by atoms with E-state index in [-0.39, 0.29) is 0 Å². The highest BCUT2D eigenvalue weighted by molar-refractivity contribution is 6.20. The van der Waals surface area contributed by atoms with E-state index >= 15 is 0 Å². The monoisotopic (exact) mass is 749 g/mol. The van der Waals surface area contributed by atoms with Crippen molar-refractivity contribution in [2.24, 2.45) is 0 Å². The van der Waals surface area contributed by atoms with Gasteiger partial charge in [-0.3, -0.25) is 0 Å². The molecule has 0 fully saturated rings. The van der Waals surface area contributed by atoms with Crippen LogP contribution in [0.1, 0.15) is 0 Å². The van der Waals surface area contributed by atoms with Crippen molar-refractivity contribution in [1.29, 1.82) is 0 Å². The Morgan fingerprint density at radius 1 is 0.203 bits per heavy atom. The molecule has 10 aromatic carbocycles. The number of fused-ring (bicyclic) bond motifs is 11. The summed E-state index contributed by atoms with van der Waals surface area (Å²) in [7, 11) is 0. The van der Waals surface area contributed by atoms with Gasteiger partial charge in [-0.05, 0) is 118 Å². The third-order valence-corrected chi connectivity index (χ3v) is 12.6. The molecule has 0 spiro atoms. The summed E-state index contributed by atoms with van der Waals surface area (Å²) in [4.78, 5) is 0. The minimum absolute atomic E-state index is 1.15. The molecule has 13 aromatic rings. The molecule has 0 saturated heterocycles. The summed E-state index contributed by atoms with van der Waals surface area (Å²) in [6.45, 7) is 0. The Morgan fingerprint density at radius 2 is 0.610 bits per heavy atom. The molecule has 3 heterocycles. The molecule has 0 aliphatic rings. The van der Waals surface area contributed by atoms with Crippen molar-refractivity contribution in [2.45, 2.75) is 0 Å². The molecule has 274 valence electrons. The minimum Gasteiger partial charge on any atom is -0.309 e. The molecule has 3 heteroatoms. The Morgan fingerprint density at radius 3 is 1.19 bits per heavy atom. The van der Waals surface area contributed by atoms with Gasteiger partial charge >= 0.3 is 0 Å². The van der Waals surface area contributed by atoms with Gasteiger partial charge in [0.05, 0.1) is 33.1 Å². The summed E-state index contributed by atoms with van der Waals surface area (Å²) >= 11 is 0. The quantitative estimate of drug-likeness (QED) is 0.170. The van der Waals surface area contributed by atoms with Gasteiger partial charge in [0.15, 0.2) is 0 Å². The number of nitrogens with zero attached hydrogens (tertiary/aromatic N) is 3. The molecular formula is C56H35N3. The summed E-state index contributed by atoms with van der Waals surface area (Å²) in [6, 6.07) is 78.1. The molecule has 0 radical (unpaired) electrons. The van der Waals surface area contributed by atoms with Gasteiger partial charge < -0.3 is 13.7 Å². The molecule has 3 nitrogen and oxygen atoms in total. The Hall–Kier alpha value is -7.88. The molecular weight excluding hydrogens is 715 g/mol. The molecule has 0 N–H and O–H groups in total. The van der Waals surface area contributed by atoms with Crippen LogP contribution in [0.15, 0.2) is 212 Å². The van der Waals surface area contributed by atoms with Crippen LogP contribution in [0, 0.1) is 0 Å². The van der Waals surface area contributed by atoms with E-state index in [0.29, 0.717) is 0 Å². The molecule has 0 bridgehead atoms. The van der Waals surface area contributed by atoms with Gasteiger partial charge in [0.2, 0.25) is 0 Å². The molecule has 0 saturated carbocycles. The second-order valence-electron chi connectivity index (χ2n) is 15.8.